The number of anilines is 1. The molecule has 8 nitrogen and oxygen atoms in total. The Morgan fingerprint density at radius 2 is 2.03 bits per heavy atom. The zero-order chi connectivity index (χ0) is 22.3. The van der Waals surface area contributed by atoms with Crippen molar-refractivity contribution in [1.82, 2.24) is 24.0 Å². The zero-order valence-corrected chi connectivity index (χ0v) is 19.0. The number of pyridine rings is 1. The van der Waals surface area contributed by atoms with E-state index in [2.05, 4.69) is 28.9 Å². The van der Waals surface area contributed by atoms with Gasteiger partial charge in [-0.1, -0.05) is 31.5 Å². The van der Waals surface area contributed by atoms with E-state index >= 15 is 0 Å². The molecule has 1 amide bonds. The van der Waals surface area contributed by atoms with Crippen molar-refractivity contribution in [3.8, 4) is 0 Å². The quantitative estimate of drug-likeness (QED) is 0.413. The van der Waals surface area contributed by atoms with Crippen molar-refractivity contribution in [1.29, 1.82) is 0 Å². The first kappa shape index (κ1) is 21.1. The van der Waals surface area contributed by atoms with E-state index in [0.717, 1.165) is 16.9 Å². The number of hydrogen-bond acceptors (Lipinski definition) is 5. The van der Waals surface area contributed by atoms with Gasteiger partial charge in [-0.25, -0.2) is 14.8 Å². The molecule has 4 aromatic heterocycles. The Morgan fingerprint density at radius 3 is 2.74 bits per heavy atom. The molecule has 31 heavy (non-hydrogen) atoms. The number of nitrogens with zero attached hydrogens (tertiary/aromatic N) is 6. The first-order valence-electron chi connectivity index (χ1n) is 10.1. The van der Waals surface area contributed by atoms with E-state index in [9.17, 15) is 4.79 Å². The zero-order valence-electron chi connectivity index (χ0n) is 18.2. The maximum atomic E-state index is 13.3. The smallest absolute Gasteiger partial charge is 0.416 e. The predicted molar refractivity (Wildman–Crippen MR) is 120 cm³/mol. The topological polar surface area (TPSA) is 77.0 Å². The van der Waals surface area contributed by atoms with Crippen molar-refractivity contribution in [2.24, 2.45) is 0 Å². The molecule has 162 valence electrons. The summed E-state index contributed by atoms with van der Waals surface area (Å²) in [6.45, 7) is 9.82. The van der Waals surface area contributed by atoms with Crippen molar-refractivity contribution >= 4 is 34.8 Å². The van der Waals surface area contributed by atoms with Crippen LogP contribution in [0.4, 0.5) is 10.6 Å². The van der Waals surface area contributed by atoms with Crippen molar-refractivity contribution in [2.75, 3.05) is 4.90 Å². The van der Waals surface area contributed by atoms with E-state index in [-0.39, 0.29) is 17.6 Å². The minimum atomic E-state index is -0.669. The van der Waals surface area contributed by atoms with Gasteiger partial charge in [-0.2, -0.15) is 9.61 Å². The van der Waals surface area contributed by atoms with Gasteiger partial charge in [-0.15, -0.1) is 0 Å². The summed E-state index contributed by atoms with van der Waals surface area (Å²) in [6, 6.07) is 7.37. The van der Waals surface area contributed by atoms with Crippen LogP contribution < -0.4 is 4.90 Å². The second-order valence-electron chi connectivity index (χ2n) is 8.67. The summed E-state index contributed by atoms with van der Waals surface area (Å²) >= 11 is 6.37. The maximum absolute atomic E-state index is 13.3. The van der Waals surface area contributed by atoms with E-state index < -0.39 is 11.7 Å². The van der Waals surface area contributed by atoms with Crippen LogP contribution in [0, 0.1) is 0 Å². The Labute approximate surface area is 185 Å². The molecular weight excluding hydrogens is 416 g/mol. The highest BCUT2D eigenvalue weighted by atomic mass is 35.5. The van der Waals surface area contributed by atoms with Crippen LogP contribution in [0.25, 0.3) is 11.3 Å². The minimum Gasteiger partial charge on any atom is -0.443 e. The van der Waals surface area contributed by atoms with E-state index in [1.54, 1.807) is 23.0 Å². The van der Waals surface area contributed by atoms with Crippen LogP contribution in [-0.4, -0.2) is 35.7 Å². The standard InChI is InChI=1S/C22H25ClN6O2/c1-14(2)16-12-25-29-19(10-17(23)26-20(16)29)28(21(30)31-22(3,4)5)13-15-11-24-18-8-6-7-9-27(15)18/h6-12,14H,13H2,1-5H3. The molecule has 0 spiro atoms. The molecule has 0 fully saturated rings. The first-order valence-corrected chi connectivity index (χ1v) is 10.5. The number of amides is 1. The summed E-state index contributed by atoms with van der Waals surface area (Å²) in [5.74, 6) is 0.673. The summed E-state index contributed by atoms with van der Waals surface area (Å²) in [7, 11) is 0. The van der Waals surface area contributed by atoms with Crippen molar-refractivity contribution in [3.05, 3.63) is 59.3 Å². The summed E-state index contributed by atoms with van der Waals surface area (Å²) < 4.78 is 9.27. The lowest BCUT2D eigenvalue weighted by Gasteiger charge is -2.27. The van der Waals surface area contributed by atoms with Gasteiger partial charge in [0.15, 0.2) is 5.65 Å². The number of halogens is 1. The average molecular weight is 441 g/mol. The molecule has 4 aromatic rings. The summed E-state index contributed by atoms with van der Waals surface area (Å²) in [5, 5.41) is 4.77. The van der Waals surface area contributed by atoms with Gasteiger partial charge in [-0.3, -0.25) is 4.90 Å². The molecule has 0 aliphatic heterocycles. The van der Waals surface area contributed by atoms with Gasteiger partial charge >= 0.3 is 6.09 Å². The lowest BCUT2D eigenvalue weighted by molar-refractivity contribution is 0.0575. The number of carbonyl (C=O) groups excluding carboxylic acids is 1. The molecule has 0 unspecified atom stereocenters. The normalized spacial score (nSPS) is 12.1. The fraction of sp³-hybridized carbons (Fsp3) is 0.364. The molecule has 0 radical (unpaired) electrons. The second-order valence-corrected chi connectivity index (χ2v) is 9.06. The Balaban J connectivity index is 1.86. The number of ether oxygens (including phenoxy) is 1. The number of carbonyl (C=O) groups is 1. The Morgan fingerprint density at radius 1 is 1.26 bits per heavy atom. The van der Waals surface area contributed by atoms with Crippen molar-refractivity contribution in [3.63, 3.8) is 0 Å². The van der Waals surface area contributed by atoms with Crippen LogP contribution in [-0.2, 0) is 11.3 Å². The van der Waals surface area contributed by atoms with Gasteiger partial charge in [0, 0.05) is 17.8 Å². The van der Waals surface area contributed by atoms with E-state index in [0.29, 0.717) is 11.5 Å². The minimum absolute atomic E-state index is 0.199. The van der Waals surface area contributed by atoms with Gasteiger partial charge in [0.2, 0.25) is 0 Å². The largest absolute Gasteiger partial charge is 0.443 e. The fourth-order valence-electron chi connectivity index (χ4n) is 3.35. The van der Waals surface area contributed by atoms with Crippen LogP contribution in [0.1, 0.15) is 51.8 Å². The van der Waals surface area contributed by atoms with E-state index in [4.69, 9.17) is 16.3 Å². The summed E-state index contributed by atoms with van der Waals surface area (Å²) in [4.78, 5) is 23.7. The third-order valence-electron chi connectivity index (χ3n) is 4.78. The van der Waals surface area contributed by atoms with Crippen LogP contribution in [0.5, 0.6) is 0 Å². The van der Waals surface area contributed by atoms with E-state index in [1.807, 2.05) is 49.6 Å². The van der Waals surface area contributed by atoms with Gasteiger partial charge in [0.1, 0.15) is 22.2 Å². The van der Waals surface area contributed by atoms with Gasteiger partial charge in [0.05, 0.1) is 24.6 Å². The van der Waals surface area contributed by atoms with Crippen molar-refractivity contribution < 1.29 is 9.53 Å². The highest BCUT2D eigenvalue weighted by molar-refractivity contribution is 6.29. The lowest BCUT2D eigenvalue weighted by atomic mass is 10.1. The number of fused-ring (bicyclic) bond motifs is 2. The predicted octanol–water partition coefficient (Wildman–Crippen LogP) is 5.10. The van der Waals surface area contributed by atoms with E-state index in [1.165, 1.54) is 4.90 Å². The average Bonchev–Trinajstić information content (AvgIpc) is 3.28. The summed E-state index contributed by atoms with van der Waals surface area (Å²) in [5.41, 5.74) is 2.50. The third kappa shape index (κ3) is 4.20. The third-order valence-corrected chi connectivity index (χ3v) is 4.97. The molecule has 0 atom stereocenters. The Kier molecular flexibility index (Phi) is 5.35. The molecule has 0 aliphatic carbocycles. The maximum Gasteiger partial charge on any atom is 0.416 e. The molecule has 0 saturated carbocycles. The second kappa shape index (κ2) is 7.85. The highest BCUT2D eigenvalue weighted by Gasteiger charge is 2.28. The van der Waals surface area contributed by atoms with Gasteiger partial charge in [0.25, 0.3) is 0 Å². The molecule has 0 N–H and O–H groups in total. The molecule has 0 aromatic carbocycles. The fourth-order valence-corrected chi connectivity index (χ4v) is 3.53. The van der Waals surface area contributed by atoms with Gasteiger partial charge < -0.3 is 9.14 Å². The number of aromatic nitrogens is 5. The molecular formula is C22H25ClN6O2. The summed E-state index contributed by atoms with van der Waals surface area (Å²) in [6.07, 6.45) is 4.90. The van der Waals surface area contributed by atoms with Crippen LogP contribution in [0.3, 0.4) is 0 Å². The lowest BCUT2D eigenvalue weighted by Crippen LogP contribution is -2.38. The molecule has 4 rings (SSSR count). The monoisotopic (exact) mass is 440 g/mol. The SMILES string of the molecule is CC(C)c1cnn2c(N(Cc3cnc4ccccn34)C(=O)OC(C)(C)C)cc(Cl)nc12. The van der Waals surface area contributed by atoms with Crippen LogP contribution >= 0.6 is 11.6 Å². The number of imidazole rings is 1. The molecule has 9 heteroatoms. The Bertz CT molecular complexity index is 1250. The van der Waals surface area contributed by atoms with Crippen LogP contribution in [0.15, 0.2) is 42.9 Å². The highest BCUT2D eigenvalue weighted by Crippen LogP contribution is 2.28. The van der Waals surface area contributed by atoms with Crippen LogP contribution in [0.2, 0.25) is 5.15 Å². The molecule has 0 bridgehead atoms. The number of rotatable bonds is 4. The Hall–Kier alpha value is -3.13. The first-order chi connectivity index (χ1) is 14.6. The molecule has 0 saturated heterocycles. The van der Waals surface area contributed by atoms with Crippen molar-refractivity contribution in [2.45, 2.75) is 52.7 Å². The number of hydrogen-bond donors (Lipinski definition) is 0. The molecule has 4 heterocycles. The molecule has 0 aliphatic rings. The van der Waals surface area contributed by atoms with Gasteiger partial charge in [-0.05, 0) is 38.8 Å².